The van der Waals surface area contributed by atoms with Gasteiger partial charge in [0.2, 0.25) is 5.88 Å². The van der Waals surface area contributed by atoms with Gasteiger partial charge in [-0.2, -0.15) is 10.2 Å². The summed E-state index contributed by atoms with van der Waals surface area (Å²) in [5.41, 5.74) is 0.925. The van der Waals surface area contributed by atoms with E-state index in [1.54, 1.807) is 34.9 Å². The van der Waals surface area contributed by atoms with E-state index in [0.717, 1.165) is 0 Å². The minimum atomic E-state index is 0.270. The molecular weight excluding hydrogens is 262 g/mol. The molecule has 3 rings (SSSR count). The first kappa shape index (κ1) is 11.4. The van der Waals surface area contributed by atoms with Crippen molar-refractivity contribution < 1.29 is 9.53 Å². The second-order valence-electron chi connectivity index (χ2n) is 3.71. The molecule has 0 fully saturated rings. The fourth-order valence-electron chi connectivity index (χ4n) is 1.67. The highest BCUT2D eigenvalue weighted by Gasteiger charge is 2.14. The summed E-state index contributed by atoms with van der Waals surface area (Å²) in [6, 6.07) is 8.66. The number of thiazole rings is 1. The summed E-state index contributed by atoms with van der Waals surface area (Å²) < 4.78 is 7.25. The van der Waals surface area contributed by atoms with E-state index in [-0.39, 0.29) is 5.88 Å². The number of aromatic nitrogens is 2. The molecule has 2 aromatic heterocycles. The van der Waals surface area contributed by atoms with Crippen LogP contribution >= 0.6 is 11.3 Å². The van der Waals surface area contributed by atoms with Crippen LogP contribution in [-0.2, 0) is 0 Å². The lowest BCUT2D eigenvalue weighted by Gasteiger charge is -2.02. The van der Waals surface area contributed by atoms with Crippen LogP contribution in [0.4, 0.5) is 0 Å². The number of rotatable bonds is 3. The van der Waals surface area contributed by atoms with Gasteiger partial charge in [-0.1, -0.05) is 0 Å². The largest absolute Gasteiger partial charge is 0.437 e. The molecule has 0 spiro atoms. The summed E-state index contributed by atoms with van der Waals surface area (Å²) in [6.07, 6.45) is 2.48. The summed E-state index contributed by atoms with van der Waals surface area (Å²) in [5, 5.41) is 10.6. The van der Waals surface area contributed by atoms with Crippen molar-refractivity contribution in [3.63, 3.8) is 0 Å². The molecule has 0 aliphatic rings. The molecule has 6 heteroatoms. The third kappa shape index (κ3) is 1.96. The van der Waals surface area contributed by atoms with E-state index >= 15 is 0 Å². The number of imidazole rings is 1. The van der Waals surface area contributed by atoms with Crippen molar-refractivity contribution in [2.45, 2.75) is 0 Å². The lowest BCUT2D eigenvalue weighted by Crippen LogP contribution is -1.91. The molecule has 0 aliphatic heterocycles. The Hall–Kier alpha value is -2.65. The minimum Gasteiger partial charge on any atom is -0.437 e. The Morgan fingerprint density at radius 2 is 2.16 bits per heavy atom. The van der Waals surface area contributed by atoms with E-state index in [2.05, 4.69) is 4.98 Å². The van der Waals surface area contributed by atoms with E-state index in [1.807, 2.05) is 11.4 Å². The lowest BCUT2D eigenvalue weighted by atomic mass is 10.2. The summed E-state index contributed by atoms with van der Waals surface area (Å²) in [5.74, 6) is 0.805. The van der Waals surface area contributed by atoms with Crippen LogP contribution in [0.5, 0.6) is 11.6 Å². The predicted octanol–water partition coefficient (Wildman–Crippen LogP) is 2.87. The molecule has 92 valence electrons. The maximum absolute atomic E-state index is 11.1. The number of carbonyl (C=O) groups is 1. The number of nitrogens with zero attached hydrogens (tertiary/aromatic N) is 3. The number of hydrogen-bond donors (Lipinski definition) is 0. The molecule has 0 saturated carbocycles. The normalized spacial score (nSPS) is 10.3. The Kier molecular flexibility index (Phi) is 2.74. The average molecular weight is 269 g/mol. The zero-order valence-electron chi connectivity index (χ0n) is 9.61. The SMILES string of the molecule is N#Cc1ccc(Oc2nc3sccn3c2C=O)cc1. The molecule has 3 aromatic rings. The molecule has 0 bridgehead atoms. The van der Waals surface area contributed by atoms with Gasteiger partial charge in [0.15, 0.2) is 16.9 Å². The van der Waals surface area contributed by atoms with Gasteiger partial charge in [0, 0.05) is 11.6 Å². The topological polar surface area (TPSA) is 67.4 Å². The van der Waals surface area contributed by atoms with Gasteiger partial charge in [-0.25, -0.2) is 0 Å². The van der Waals surface area contributed by atoms with Crippen LogP contribution in [-0.4, -0.2) is 15.7 Å². The number of ether oxygens (including phenoxy) is 1. The van der Waals surface area contributed by atoms with Crippen LogP contribution in [0.2, 0.25) is 0 Å². The molecule has 0 N–H and O–H groups in total. The Morgan fingerprint density at radius 3 is 2.84 bits per heavy atom. The highest BCUT2D eigenvalue weighted by Crippen LogP contribution is 2.26. The van der Waals surface area contributed by atoms with Crippen LogP contribution in [0.25, 0.3) is 4.96 Å². The van der Waals surface area contributed by atoms with Gasteiger partial charge in [0.1, 0.15) is 5.75 Å². The Labute approximate surface area is 112 Å². The summed E-state index contributed by atoms with van der Waals surface area (Å²) in [7, 11) is 0. The lowest BCUT2D eigenvalue weighted by molar-refractivity contribution is 0.111. The van der Waals surface area contributed by atoms with Crippen LogP contribution in [0, 0.1) is 11.3 Å². The number of aldehydes is 1. The average Bonchev–Trinajstić information content (AvgIpc) is 3.00. The highest BCUT2D eigenvalue weighted by molar-refractivity contribution is 7.15. The van der Waals surface area contributed by atoms with Crippen LogP contribution in [0.3, 0.4) is 0 Å². The van der Waals surface area contributed by atoms with E-state index in [9.17, 15) is 4.79 Å². The molecule has 0 amide bonds. The number of nitriles is 1. The van der Waals surface area contributed by atoms with Crippen LogP contribution in [0.15, 0.2) is 35.8 Å². The smallest absolute Gasteiger partial charge is 0.250 e. The van der Waals surface area contributed by atoms with Crippen molar-refractivity contribution in [1.82, 2.24) is 9.38 Å². The maximum Gasteiger partial charge on any atom is 0.250 e. The van der Waals surface area contributed by atoms with Gasteiger partial charge in [0.05, 0.1) is 11.6 Å². The second kappa shape index (κ2) is 4.55. The predicted molar refractivity (Wildman–Crippen MR) is 69.7 cm³/mol. The third-order valence-corrected chi connectivity index (χ3v) is 3.33. The van der Waals surface area contributed by atoms with Crippen LogP contribution in [0.1, 0.15) is 16.1 Å². The fourth-order valence-corrected chi connectivity index (χ4v) is 2.39. The van der Waals surface area contributed by atoms with Crippen molar-refractivity contribution in [3.8, 4) is 17.7 Å². The van der Waals surface area contributed by atoms with E-state index < -0.39 is 0 Å². The number of benzene rings is 1. The third-order valence-electron chi connectivity index (χ3n) is 2.57. The molecule has 0 saturated heterocycles. The quantitative estimate of drug-likeness (QED) is 0.686. The van der Waals surface area contributed by atoms with Gasteiger partial charge in [0.25, 0.3) is 0 Å². The van der Waals surface area contributed by atoms with Gasteiger partial charge in [-0.3, -0.25) is 9.20 Å². The Balaban J connectivity index is 1.98. The first-order chi connectivity index (χ1) is 9.31. The monoisotopic (exact) mass is 269 g/mol. The molecular formula is C13H7N3O2S. The molecule has 1 aromatic carbocycles. The number of carbonyl (C=O) groups excluding carboxylic acids is 1. The van der Waals surface area contributed by atoms with Crippen molar-refractivity contribution in [2.75, 3.05) is 0 Å². The number of fused-ring (bicyclic) bond motifs is 1. The number of hydrogen-bond acceptors (Lipinski definition) is 5. The van der Waals surface area contributed by atoms with Crippen molar-refractivity contribution >= 4 is 22.6 Å². The van der Waals surface area contributed by atoms with E-state index in [4.69, 9.17) is 10.00 Å². The summed E-state index contributed by atoms with van der Waals surface area (Å²) >= 11 is 1.42. The Morgan fingerprint density at radius 1 is 1.37 bits per heavy atom. The van der Waals surface area contributed by atoms with Crippen molar-refractivity contribution in [3.05, 3.63) is 47.1 Å². The molecule has 5 nitrogen and oxygen atoms in total. The zero-order chi connectivity index (χ0) is 13.2. The van der Waals surface area contributed by atoms with Gasteiger partial charge in [-0.15, -0.1) is 11.3 Å². The van der Waals surface area contributed by atoms with Crippen molar-refractivity contribution in [2.24, 2.45) is 0 Å². The first-order valence-electron chi connectivity index (χ1n) is 5.40. The maximum atomic E-state index is 11.1. The van der Waals surface area contributed by atoms with Gasteiger partial charge < -0.3 is 4.74 Å². The van der Waals surface area contributed by atoms with Gasteiger partial charge in [-0.05, 0) is 24.3 Å². The zero-order valence-corrected chi connectivity index (χ0v) is 10.4. The fraction of sp³-hybridized carbons (Fsp3) is 0. The van der Waals surface area contributed by atoms with Crippen molar-refractivity contribution in [1.29, 1.82) is 5.26 Å². The van der Waals surface area contributed by atoms with Crippen LogP contribution < -0.4 is 4.74 Å². The molecule has 19 heavy (non-hydrogen) atoms. The summed E-state index contributed by atoms with van der Waals surface area (Å²) in [6.45, 7) is 0. The summed E-state index contributed by atoms with van der Waals surface area (Å²) in [4.78, 5) is 16.1. The van der Waals surface area contributed by atoms with E-state index in [0.29, 0.717) is 28.3 Å². The molecule has 0 radical (unpaired) electrons. The highest BCUT2D eigenvalue weighted by atomic mass is 32.1. The molecule has 2 heterocycles. The molecule has 0 atom stereocenters. The standard InChI is InChI=1S/C13H7N3O2S/c14-7-9-1-3-10(4-2-9)18-12-11(8-17)16-5-6-19-13(16)15-12/h1-6,8H. The Bertz CT molecular complexity index is 780. The molecule has 0 aliphatic carbocycles. The first-order valence-corrected chi connectivity index (χ1v) is 6.28. The molecule has 0 unspecified atom stereocenters. The second-order valence-corrected chi connectivity index (χ2v) is 4.59. The van der Waals surface area contributed by atoms with Gasteiger partial charge >= 0.3 is 0 Å². The minimum absolute atomic E-state index is 0.270. The van der Waals surface area contributed by atoms with E-state index in [1.165, 1.54) is 11.3 Å².